The number of carbonyl (C=O) groups excluding carboxylic acids is 1. The average molecular weight is 548 g/mol. The van der Waals surface area contributed by atoms with Gasteiger partial charge in [0, 0.05) is 23.2 Å². The number of hydrogen-bond donors (Lipinski definition) is 2. The van der Waals surface area contributed by atoms with Crippen LogP contribution < -0.4 is 5.32 Å². The lowest BCUT2D eigenvalue weighted by Crippen LogP contribution is -2.50. The van der Waals surface area contributed by atoms with Crippen molar-refractivity contribution in [1.29, 1.82) is 0 Å². The summed E-state index contributed by atoms with van der Waals surface area (Å²) < 4.78 is 7.23. The standard InChI is InChI=1S/C31H34ClN3O4/c1-20(23-5-3-4-6-25(23)32)39-28(38)34-26-24(19-33-35(26)2)21-7-9-22(10-8-21)29-11-14-30(15-12-29,16-13-29)31(17-18-31)27(36)37/h3-10,19-20H,11-18H2,1-2H3,(H,34,38)(H,36,37). The molecule has 4 aliphatic rings. The molecule has 1 heterocycles. The van der Waals surface area contributed by atoms with E-state index >= 15 is 0 Å². The zero-order chi connectivity index (χ0) is 27.4. The number of benzene rings is 2. The van der Waals surface area contributed by atoms with Crippen molar-refractivity contribution in [3.63, 3.8) is 0 Å². The molecule has 4 saturated carbocycles. The molecule has 2 N–H and O–H groups in total. The lowest BCUT2D eigenvalue weighted by Gasteiger charge is -2.56. The Morgan fingerprint density at radius 2 is 1.64 bits per heavy atom. The first-order chi connectivity index (χ1) is 18.7. The summed E-state index contributed by atoms with van der Waals surface area (Å²) in [7, 11) is 1.78. The number of aliphatic carboxylic acids is 1. The van der Waals surface area contributed by atoms with E-state index in [0.29, 0.717) is 10.8 Å². The molecular formula is C31H34ClN3O4. The minimum absolute atomic E-state index is 0.00521. The number of ether oxygens (including phenoxy) is 1. The maximum Gasteiger partial charge on any atom is 0.413 e. The van der Waals surface area contributed by atoms with Gasteiger partial charge in [-0.05, 0) is 86.3 Å². The van der Waals surface area contributed by atoms with Crippen molar-refractivity contribution in [2.45, 2.75) is 69.8 Å². The molecule has 3 aromatic rings. The highest BCUT2D eigenvalue weighted by molar-refractivity contribution is 6.31. The highest BCUT2D eigenvalue weighted by Gasteiger charge is 2.67. The van der Waals surface area contributed by atoms with E-state index in [4.69, 9.17) is 16.3 Å². The summed E-state index contributed by atoms with van der Waals surface area (Å²) in [6.45, 7) is 1.79. The first-order valence-electron chi connectivity index (χ1n) is 13.8. The second kappa shape index (κ2) is 9.40. The van der Waals surface area contributed by atoms with Crippen molar-refractivity contribution in [3.8, 4) is 11.1 Å². The highest BCUT2D eigenvalue weighted by atomic mass is 35.5. The van der Waals surface area contributed by atoms with Gasteiger partial charge in [-0.15, -0.1) is 0 Å². The molecule has 0 aliphatic heterocycles. The molecule has 1 atom stereocenters. The summed E-state index contributed by atoms with van der Waals surface area (Å²) in [4.78, 5) is 24.8. The summed E-state index contributed by atoms with van der Waals surface area (Å²) >= 11 is 6.26. The minimum Gasteiger partial charge on any atom is -0.481 e. The first kappa shape index (κ1) is 25.9. The largest absolute Gasteiger partial charge is 0.481 e. The van der Waals surface area contributed by atoms with Gasteiger partial charge in [-0.1, -0.05) is 54.1 Å². The number of carboxylic acids is 1. The summed E-state index contributed by atoms with van der Waals surface area (Å²) in [5, 5.41) is 17.7. The summed E-state index contributed by atoms with van der Waals surface area (Å²) in [6, 6.07) is 15.9. The smallest absolute Gasteiger partial charge is 0.413 e. The monoisotopic (exact) mass is 547 g/mol. The number of nitrogens with zero attached hydrogens (tertiary/aromatic N) is 2. The zero-order valence-corrected chi connectivity index (χ0v) is 23.1. The van der Waals surface area contributed by atoms with Gasteiger partial charge in [0.2, 0.25) is 0 Å². The van der Waals surface area contributed by atoms with E-state index in [0.717, 1.165) is 68.1 Å². The van der Waals surface area contributed by atoms with Crippen LogP contribution in [0.3, 0.4) is 0 Å². The fourth-order valence-electron chi connectivity index (χ4n) is 7.39. The van der Waals surface area contributed by atoms with Gasteiger partial charge in [-0.3, -0.25) is 14.8 Å². The SMILES string of the molecule is CC(OC(=O)Nc1c(-c2ccc(C34CCC(C5(C(=O)O)CC5)(CC3)CC4)cc2)cnn1C)c1ccccc1Cl. The molecule has 2 aromatic carbocycles. The highest BCUT2D eigenvalue weighted by Crippen LogP contribution is 2.71. The predicted octanol–water partition coefficient (Wildman–Crippen LogP) is 7.51. The molecule has 4 fully saturated rings. The maximum absolute atomic E-state index is 12.8. The van der Waals surface area contributed by atoms with Crippen molar-refractivity contribution < 1.29 is 19.4 Å². The Morgan fingerprint density at radius 3 is 2.23 bits per heavy atom. The number of hydrogen-bond acceptors (Lipinski definition) is 4. The summed E-state index contributed by atoms with van der Waals surface area (Å²) in [5.41, 5.74) is 3.50. The van der Waals surface area contributed by atoms with Gasteiger partial charge in [0.25, 0.3) is 0 Å². The van der Waals surface area contributed by atoms with Crippen molar-refractivity contribution in [3.05, 3.63) is 70.9 Å². The summed E-state index contributed by atoms with van der Waals surface area (Å²) in [6.07, 6.45) is 8.52. The van der Waals surface area contributed by atoms with Crippen LogP contribution in [0.25, 0.3) is 11.1 Å². The van der Waals surface area contributed by atoms with Crippen LogP contribution in [0, 0.1) is 10.8 Å². The van der Waals surface area contributed by atoms with Crippen LogP contribution in [-0.4, -0.2) is 26.9 Å². The van der Waals surface area contributed by atoms with Crippen LogP contribution in [0.15, 0.2) is 54.7 Å². The first-order valence-corrected chi connectivity index (χ1v) is 14.1. The van der Waals surface area contributed by atoms with E-state index < -0.39 is 23.6 Å². The molecule has 39 heavy (non-hydrogen) atoms. The third kappa shape index (κ3) is 4.22. The molecule has 1 aromatic heterocycles. The van der Waals surface area contributed by atoms with Crippen LogP contribution in [0.2, 0.25) is 5.02 Å². The minimum atomic E-state index is -0.579. The van der Waals surface area contributed by atoms with Gasteiger partial charge in [0.1, 0.15) is 11.9 Å². The van der Waals surface area contributed by atoms with Gasteiger partial charge < -0.3 is 9.84 Å². The fraction of sp³-hybridized carbons (Fsp3) is 0.452. The Balaban J connectivity index is 1.16. The number of aromatic nitrogens is 2. The Kier molecular flexibility index (Phi) is 6.25. The van der Waals surface area contributed by atoms with Crippen molar-refractivity contribution in [1.82, 2.24) is 9.78 Å². The van der Waals surface area contributed by atoms with E-state index in [1.165, 1.54) is 5.56 Å². The van der Waals surface area contributed by atoms with Gasteiger partial charge in [0.05, 0.1) is 11.6 Å². The molecular weight excluding hydrogens is 514 g/mol. The molecule has 1 amide bonds. The molecule has 0 saturated heterocycles. The van der Waals surface area contributed by atoms with Crippen LogP contribution >= 0.6 is 11.6 Å². The van der Waals surface area contributed by atoms with Gasteiger partial charge in [-0.2, -0.15) is 5.10 Å². The van der Waals surface area contributed by atoms with E-state index in [9.17, 15) is 14.7 Å². The molecule has 1 unspecified atom stereocenters. The molecule has 2 bridgehead atoms. The van der Waals surface area contributed by atoms with Crippen molar-refractivity contribution in [2.75, 3.05) is 5.32 Å². The number of nitrogens with one attached hydrogen (secondary N) is 1. The predicted molar refractivity (Wildman–Crippen MR) is 150 cm³/mol. The van der Waals surface area contributed by atoms with Crippen LogP contribution in [0.1, 0.15) is 75.5 Å². The topological polar surface area (TPSA) is 93.4 Å². The summed E-state index contributed by atoms with van der Waals surface area (Å²) in [5.74, 6) is -0.0230. The molecule has 7 rings (SSSR count). The number of amides is 1. The van der Waals surface area contributed by atoms with Crippen molar-refractivity contribution >= 4 is 29.5 Å². The second-order valence-electron chi connectivity index (χ2n) is 11.7. The van der Waals surface area contributed by atoms with E-state index in [-0.39, 0.29) is 10.8 Å². The third-order valence-corrected chi connectivity index (χ3v) is 10.4. The second-order valence-corrected chi connectivity index (χ2v) is 12.2. The average Bonchev–Trinajstić information content (AvgIpc) is 3.70. The number of fused-ring (bicyclic) bond motifs is 3. The number of rotatable bonds is 7. The Morgan fingerprint density at radius 1 is 1.00 bits per heavy atom. The normalized spacial score (nSPS) is 25.6. The molecule has 8 heteroatoms. The number of aryl methyl sites for hydroxylation is 1. The van der Waals surface area contributed by atoms with Crippen LogP contribution in [0.4, 0.5) is 10.6 Å². The number of anilines is 1. The van der Waals surface area contributed by atoms with E-state index in [1.807, 2.05) is 18.2 Å². The van der Waals surface area contributed by atoms with Gasteiger partial charge >= 0.3 is 12.1 Å². The van der Waals surface area contributed by atoms with Crippen LogP contribution in [0.5, 0.6) is 0 Å². The fourth-order valence-corrected chi connectivity index (χ4v) is 7.68. The van der Waals surface area contributed by atoms with E-state index in [2.05, 4.69) is 34.7 Å². The van der Waals surface area contributed by atoms with Gasteiger partial charge in [0.15, 0.2) is 0 Å². The number of carboxylic acid groups (broad SMARTS) is 1. The maximum atomic E-state index is 12.8. The molecule has 0 radical (unpaired) electrons. The Hall–Kier alpha value is -3.32. The molecule has 204 valence electrons. The molecule has 7 nitrogen and oxygen atoms in total. The van der Waals surface area contributed by atoms with Crippen LogP contribution in [-0.2, 0) is 22.0 Å². The van der Waals surface area contributed by atoms with E-state index in [1.54, 1.807) is 30.9 Å². The van der Waals surface area contributed by atoms with Crippen molar-refractivity contribution in [2.24, 2.45) is 17.9 Å². The quantitative estimate of drug-likeness (QED) is 0.319. The molecule has 0 spiro atoms. The van der Waals surface area contributed by atoms with Gasteiger partial charge in [-0.25, -0.2) is 4.79 Å². The Labute approximate surface area is 233 Å². The molecule has 4 aliphatic carbocycles. The lowest BCUT2D eigenvalue weighted by molar-refractivity contribution is -0.154. The lowest BCUT2D eigenvalue weighted by atomic mass is 9.47. The number of carbonyl (C=O) groups is 2. The number of halogens is 1. The zero-order valence-electron chi connectivity index (χ0n) is 22.4. The Bertz CT molecular complexity index is 1400. The third-order valence-electron chi connectivity index (χ3n) is 10.0.